The fourth-order valence-electron chi connectivity index (χ4n) is 1.38. The van der Waals surface area contributed by atoms with Gasteiger partial charge in [0.05, 0.1) is 12.3 Å². The Morgan fingerprint density at radius 3 is 2.65 bits per heavy atom. The van der Waals surface area contributed by atoms with Gasteiger partial charge in [-0.05, 0) is 19.1 Å². The molecule has 17 heavy (non-hydrogen) atoms. The minimum atomic E-state index is -3.02. The molecule has 0 radical (unpaired) electrons. The van der Waals surface area contributed by atoms with Crippen molar-refractivity contribution in [1.29, 1.82) is 0 Å². The molecule has 0 spiro atoms. The van der Waals surface area contributed by atoms with E-state index in [9.17, 15) is 13.2 Å². The smallest absolute Gasteiger partial charge is 0.371 e. The molecule has 1 atom stereocenters. The number of carboxylic acids is 1. The monoisotopic (exact) mass is 261 g/mol. The zero-order valence-electron chi connectivity index (χ0n) is 9.63. The van der Waals surface area contributed by atoms with Crippen molar-refractivity contribution in [3.8, 4) is 0 Å². The second kappa shape index (κ2) is 5.33. The number of sulfone groups is 1. The number of carboxylic acid groups (broad SMARTS) is 1. The molecule has 1 aromatic heterocycles. The first-order valence-electron chi connectivity index (χ1n) is 5.01. The van der Waals surface area contributed by atoms with Crippen LogP contribution in [0, 0.1) is 0 Å². The van der Waals surface area contributed by atoms with Crippen molar-refractivity contribution < 1.29 is 22.7 Å². The van der Waals surface area contributed by atoms with Gasteiger partial charge >= 0.3 is 5.97 Å². The van der Waals surface area contributed by atoms with Gasteiger partial charge in [-0.2, -0.15) is 0 Å². The van der Waals surface area contributed by atoms with Crippen LogP contribution in [0.3, 0.4) is 0 Å². The Balaban J connectivity index is 2.47. The average Bonchev–Trinajstić information content (AvgIpc) is 2.60. The van der Waals surface area contributed by atoms with Crippen LogP contribution in [0.5, 0.6) is 0 Å². The summed E-state index contributed by atoms with van der Waals surface area (Å²) in [7, 11) is -3.02. The van der Waals surface area contributed by atoms with Crippen molar-refractivity contribution in [3.05, 3.63) is 23.7 Å². The van der Waals surface area contributed by atoms with E-state index in [-0.39, 0.29) is 17.6 Å². The Morgan fingerprint density at radius 2 is 2.18 bits per heavy atom. The fourth-order valence-corrected chi connectivity index (χ4v) is 2.40. The first kappa shape index (κ1) is 13.7. The van der Waals surface area contributed by atoms with E-state index in [1.807, 2.05) is 0 Å². The van der Waals surface area contributed by atoms with E-state index in [0.717, 1.165) is 0 Å². The lowest BCUT2D eigenvalue weighted by molar-refractivity contribution is 0.0660. The van der Waals surface area contributed by atoms with Crippen LogP contribution in [0.15, 0.2) is 16.5 Å². The number of furan rings is 1. The summed E-state index contributed by atoms with van der Waals surface area (Å²) in [5.74, 6) is -0.764. The molecule has 0 amide bonds. The number of hydrogen-bond donors (Lipinski definition) is 2. The third-order valence-electron chi connectivity index (χ3n) is 2.05. The van der Waals surface area contributed by atoms with Gasteiger partial charge in [-0.1, -0.05) is 0 Å². The summed E-state index contributed by atoms with van der Waals surface area (Å²) >= 11 is 0. The predicted octanol–water partition coefficient (Wildman–Crippen LogP) is 0.501. The molecule has 7 heteroatoms. The van der Waals surface area contributed by atoms with Gasteiger partial charge in [0.1, 0.15) is 15.6 Å². The van der Waals surface area contributed by atoms with Crippen LogP contribution in [0.4, 0.5) is 0 Å². The van der Waals surface area contributed by atoms with Crippen molar-refractivity contribution in [2.45, 2.75) is 19.5 Å². The second-order valence-corrected chi connectivity index (χ2v) is 6.13. The topological polar surface area (TPSA) is 96.6 Å². The van der Waals surface area contributed by atoms with E-state index in [4.69, 9.17) is 9.52 Å². The van der Waals surface area contributed by atoms with E-state index in [2.05, 4.69) is 5.32 Å². The Hall–Kier alpha value is -1.34. The van der Waals surface area contributed by atoms with Gasteiger partial charge in [-0.15, -0.1) is 0 Å². The maximum Gasteiger partial charge on any atom is 0.371 e. The minimum absolute atomic E-state index is 0.0273. The van der Waals surface area contributed by atoms with Crippen LogP contribution >= 0.6 is 0 Å². The predicted molar refractivity (Wildman–Crippen MR) is 61.7 cm³/mol. The molecule has 6 nitrogen and oxygen atoms in total. The van der Waals surface area contributed by atoms with E-state index in [1.165, 1.54) is 12.3 Å². The molecule has 1 rings (SSSR count). The maximum absolute atomic E-state index is 11.0. The molecule has 0 aliphatic carbocycles. The van der Waals surface area contributed by atoms with Gasteiger partial charge in [0.25, 0.3) is 0 Å². The molecule has 0 aliphatic heterocycles. The molecule has 0 fully saturated rings. The Labute approximate surface area is 99.5 Å². The molecule has 96 valence electrons. The summed E-state index contributed by atoms with van der Waals surface area (Å²) in [6, 6.07) is 2.69. The summed E-state index contributed by atoms with van der Waals surface area (Å²) in [6.07, 6.45) is 1.17. The first-order chi connectivity index (χ1) is 7.78. The Morgan fingerprint density at radius 1 is 1.53 bits per heavy atom. The molecule has 1 aromatic rings. The highest BCUT2D eigenvalue weighted by atomic mass is 32.2. The van der Waals surface area contributed by atoms with Crippen molar-refractivity contribution in [1.82, 2.24) is 5.32 Å². The first-order valence-corrected chi connectivity index (χ1v) is 7.07. The highest BCUT2D eigenvalue weighted by Gasteiger charge is 2.12. The summed E-state index contributed by atoms with van der Waals surface area (Å²) in [4.78, 5) is 10.5. The second-order valence-electron chi connectivity index (χ2n) is 3.95. The number of hydrogen-bond acceptors (Lipinski definition) is 5. The van der Waals surface area contributed by atoms with Crippen LogP contribution < -0.4 is 5.32 Å². The third kappa shape index (κ3) is 5.01. The van der Waals surface area contributed by atoms with Crippen LogP contribution in [-0.4, -0.2) is 37.5 Å². The lowest BCUT2D eigenvalue weighted by Crippen LogP contribution is -2.32. The van der Waals surface area contributed by atoms with Gasteiger partial charge in [0, 0.05) is 12.3 Å². The van der Waals surface area contributed by atoms with Gasteiger partial charge < -0.3 is 14.8 Å². The maximum atomic E-state index is 11.0. The summed E-state index contributed by atoms with van der Waals surface area (Å²) in [5, 5.41) is 11.6. The SMILES string of the molecule is CC(CS(C)(=O)=O)NCc1ccc(C(=O)O)o1. The standard InChI is InChI=1S/C10H15NO5S/c1-7(6-17(2,14)15)11-5-8-3-4-9(16-8)10(12)13/h3-4,7,11H,5-6H2,1-2H3,(H,12,13). The van der Waals surface area contributed by atoms with E-state index in [0.29, 0.717) is 12.3 Å². The molecule has 0 aromatic carbocycles. The molecule has 2 N–H and O–H groups in total. The molecule has 0 bridgehead atoms. The number of rotatable bonds is 6. The van der Waals surface area contributed by atoms with Gasteiger partial charge in [-0.3, -0.25) is 0 Å². The van der Waals surface area contributed by atoms with E-state index < -0.39 is 15.8 Å². The van der Waals surface area contributed by atoms with Crippen molar-refractivity contribution in [3.63, 3.8) is 0 Å². The van der Waals surface area contributed by atoms with Gasteiger partial charge in [0.2, 0.25) is 5.76 Å². The minimum Gasteiger partial charge on any atom is -0.475 e. The normalized spacial score (nSPS) is 13.5. The molecule has 0 saturated heterocycles. The fraction of sp³-hybridized carbons (Fsp3) is 0.500. The highest BCUT2D eigenvalue weighted by Crippen LogP contribution is 2.07. The Bertz CT molecular complexity index is 491. The van der Waals surface area contributed by atoms with Crippen LogP contribution in [-0.2, 0) is 16.4 Å². The Kier molecular flexibility index (Phi) is 4.30. The van der Waals surface area contributed by atoms with Crippen LogP contribution in [0.1, 0.15) is 23.2 Å². The lowest BCUT2D eigenvalue weighted by atomic mass is 10.3. The van der Waals surface area contributed by atoms with E-state index >= 15 is 0 Å². The molecule has 0 saturated carbocycles. The zero-order valence-corrected chi connectivity index (χ0v) is 10.5. The molecule has 1 unspecified atom stereocenters. The molecular formula is C10H15NO5S. The van der Waals surface area contributed by atoms with Gasteiger partial charge in [0.15, 0.2) is 0 Å². The summed E-state index contributed by atoms with van der Waals surface area (Å²) < 4.78 is 27.0. The van der Waals surface area contributed by atoms with Crippen molar-refractivity contribution >= 4 is 15.8 Å². The van der Waals surface area contributed by atoms with Crippen molar-refractivity contribution in [2.75, 3.05) is 12.0 Å². The quantitative estimate of drug-likeness (QED) is 0.774. The van der Waals surface area contributed by atoms with Crippen LogP contribution in [0.25, 0.3) is 0 Å². The third-order valence-corrected chi connectivity index (χ3v) is 3.16. The number of nitrogens with one attached hydrogen (secondary N) is 1. The number of aromatic carboxylic acids is 1. The lowest BCUT2D eigenvalue weighted by Gasteiger charge is -2.10. The highest BCUT2D eigenvalue weighted by molar-refractivity contribution is 7.90. The van der Waals surface area contributed by atoms with Gasteiger partial charge in [-0.25, -0.2) is 13.2 Å². The average molecular weight is 261 g/mol. The number of carbonyl (C=O) groups is 1. The molecule has 0 aliphatic rings. The molecular weight excluding hydrogens is 246 g/mol. The van der Waals surface area contributed by atoms with Crippen molar-refractivity contribution in [2.24, 2.45) is 0 Å². The summed E-state index contributed by atoms with van der Waals surface area (Å²) in [5.41, 5.74) is 0. The van der Waals surface area contributed by atoms with E-state index in [1.54, 1.807) is 13.0 Å². The molecule has 1 heterocycles. The largest absolute Gasteiger partial charge is 0.475 e. The zero-order chi connectivity index (χ0) is 13.1. The summed E-state index contributed by atoms with van der Waals surface area (Å²) in [6.45, 7) is 2.03. The van der Waals surface area contributed by atoms with Crippen LogP contribution in [0.2, 0.25) is 0 Å².